The number of ether oxygens (including phenoxy) is 1. The van der Waals surface area contributed by atoms with Gasteiger partial charge in [-0.2, -0.15) is 0 Å². The Bertz CT molecular complexity index is 631. The quantitative estimate of drug-likeness (QED) is 0.857. The maximum Gasteiger partial charge on any atom is 0.272 e. The Morgan fingerprint density at radius 1 is 1.20 bits per heavy atom. The second kappa shape index (κ2) is 7.93. The van der Waals surface area contributed by atoms with Gasteiger partial charge in [0.25, 0.3) is 5.91 Å². The second-order valence-corrected chi connectivity index (χ2v) is 6.85. The third-order valence-corrected chi connectivity index (χ3v) is 5.06. The Balaban J connectivity index is 1.75. The number of nitrogens with two attached hydrogens (primary N) is 1. The van der Waals surface area contributed by atoms with Crippen molar-refractivity contribution in [1.29, 1.82) is 0 Å². The summed E-state index contributed by atoms with van der Waals surface area (Å²) >= 11 is 0. The third-order valence-electron chi connectivity index (χ3n) is 5.06. The van der Waals surface area contributed by atoms with Crippen LogP contribution in [-0.4, -0.2) is 72.0 Å². The molecular weight excluding hydrogens is 320 g/mol. The maximum absolute atomic E-state index is 12.8. The predicted octanol–water partition coefficient (Wildman–Crippen LogP) is 0.428. The third kappa shape index (κ3) is 4.35. The van der Waals surface area contributed by atoms with Gasteiger partial charge in [-0.25, -0.2) is 4.98 Å². The summed E-state index contributed by atoms with van der Waals surface area (Å²) in [5.41, 5.74) is 6.83. The summed E-state index contributed by atoms with van der Waals surface area (Å²) in [5, 5.41) is 0. The Labute approximate surface area is 148 Å². The Hall–Kier alpha value is -1.99. The molecule has 25 heavy (non-hydrogen) atoms. The van der Waals surface area contributed by atoms with Crippen LogP contribution in [0.4, 0.5) is 0 Å². The van der Waals surface area contributed by atoms with Crippen molar-refractivity contribution in [2.75, 3.05) is 39.4 Å². The molecule has 2 aliphatic rings. The standard InChI is InChI=1S/C18H26N4O3/c1-13-3-2-4-16(20-13)18(24)22-8-7-21(11-14(12-22)17(19)23)15-5-9-25-10-6-15/h2-4,14-15H,5-12H2,1H3,(H2,19,23). The van der Waals surface area contributed by atoms with Gasteiger partial charge < -0.3 is 15.4 Å². The van der Waals surface area contributed by atoms with E-state index in [2.05, 4.69) is 9.88 Å². The fraction of sp³-hybridized carbons (Fsp3) is 0.611. The zero-order valence-electron chi connectivity index (χ0n) is 14.7. The van der Waals surface area contributed by atoms with Gasteiger partial charge in [0.15, 0.2) is 0 Å². The van der Waals surface area contributed by atoms with E-state index >= 15 is 0 Å². The van der Waals surface area contributed by atoms with Crippen molar-refractivity contribution in [1.82, 2.24) is 14.8 Å². The van der Waals surface area contributed by atoms with Gasteiger partial charge in [-0.1, -0.05) is 6.07 Å². The fourth-order valence-electron chi connectivity index (χ4n) is 3.61. The zero-order valence-corrected chi connectivity index (χ0v) is 14.7. The lowest BCUT2D eigenvalue weighted by Gasteiger charge is -2.34. The van der Waals surface area contributed by atoms with Crippen molar-refractivity contribution in [3.05, 3.63) is 29.6 Å². The molecule has 3 rings (SSSR count). The Kier molecular flexibility index (Phi) is 5.65. The SMILES string of the molecule is Cc1cccc(C(=O)N2CCN(C3CCOCC3)CC(C(N)=O)C2)n1. The normalized spacial score (nSPS) is 23.2. The first-order valence-corrected chi connectivity index (χ1v) is 8.88. The number of hydrogen-bond acceptors (Lipinski definition) is 5. The van der Waals surface area contributed by atoms with Crippen LogP contribution < -0.4 is 5.73 Å². The summed E-state index contributed by atoms with van der Waals surface area (Å²) in [5.74, 6) is -0.850. The zero-order chi connectivity index (χ0) is 17.8. The van der Waals surface area contributed by atoms with Crippen LogP contribution in [0.1, 0.15) is 29.0 Å². The lowest BCUT2D eigenvalue weighted by molar-refractivity contribution is -0.122. The summed E-state index contributed by atoms with van der Waals surface area (Å²) in [7, 11) is 0. The number of hydrogen-bond donors (Lipinski definition) is 1. The average molecular weight is 346 g/mol. The second-order valence-electron chi connectivity index (χ2n) is 6.85. The van der Waals surface area contributed by atoms with Crippen LogP contribution in [0.15, 0.2) is 18.2 Å². The first-order valence-electron chi connectivity index (χ1n) is 8.88. The Morgan fingerprint density at radius 3 is 2.64 bits per heavy atom. The van der Waals surface area contributed by atoms with E-state index in [4.69, 9.17) is 10.5 Å². The van der Waals surface area contributed by atoms with Crippen molar-refractivity contribution < 1.29 is 14.3 Å². The summed E-state index contributed by atoms with van der Waals surface area (Å²) in [6.07, 6.45) is 1.91. The minimum atomic E-state index is -0.362. The van der Waals surface area contributed by atoms with Gasteiger partial charge >= 0.3 is 0 Å². The molecule has 7 heteroatoms. The minimum absolute atomic E-state index is 0.135. The molecule has 2 fully saturated rings. The van der Waals surface area contributed by atoms with Crippen molar-refractivity contribution in [3.8, 4) is 0 Å². The lowest BCUT2D eigenvalue weighted by atomic mass is 10.0. The average Bonchev–Trinajstić information content (AvgIpc) is 2.85. The highest BCUT2D eigenvalue weighted by atomic mass is 16.5. The molecule has 1 atom stereocenters. The van der Waals surface area contributed by atoms with Crippen molar-refractivity contribution in [2.45, 2.75) is 25.8 Å². The molecular formula is C18H26N4O3. The molecule has 2 amide bonds. The molecule has 0 radical (unpaired) electrons. The van der Waals surface area contributed by atoms with Gasteiger partial charge in [0.05, 0.1) is 5.92 Å². The first kappa shape index (κ1) is 17.8. The van der Waals surface area contributed by atoms with Crippen LogP contribution in [-0.2, 0) is 9.53 Å². The maximum atomic E-state index is 12.8. The molecule has 1 unspecified atom stereocenters. The van der Waals surface area contributed by atoms with E-state index in [-0.39, 0.29) is 17.7 Å². The van der Waals surface area contributed by atoms with Gasteiger partial charge in [0, 0.05) is 51.1 Å². The number of primary amides is 1. The minimum Gasteiger partial charge on any atom is -0.381 e. The number of pyridine rings is 1. The van der Waals surface area contributed by atoms with E-state index in [1.54, 1.807) is 11.0 Å². The molecule has 1 aromatic rings. The van der Waals surface area contributed by atoms with E-state index < -0.39 is 0 Å². The number of carbonyl (C=O) groups is 2. The van der Waals surface area contributed by atoms with E-state index in [1.165, 1.54) is 0 Å². The molecule has 1 aromatic heterocycles. The van der Waals surface area contributed by atoms with Crippen molar-refractivity contribution in [2.24, 2.45) is 11.7 Å². The smallest absolute Gasteiger partial charge is 0.272 e. The van der Waals surface area contributed by atoms with Crippen LogP contribution in [0, 0.1) is 12.8 Å². The van der Waals surface area contributed by atoms with Gasteiger partial charge in [-0.3, -0.25) is 14.5 Å². The molecule has 136 valence electrons. The van der Waals surface area contributed by atoms with E-state index in [9.17, 15) is 9.59 Å². The van der Waals surface area contributed by atoms with E-state index in [0.29, 0.717) is 31.4 Å². The van der Waals surface area contributed by atoms with Crippen LogP contribution in [0.5, 0.6) is 0 Å². The number of aryl methyl sites for hydroxylation is 1. The molecule has 2 saturated heterocycles. The lowest BCUT2D eigenvalue weighted by Crippen LogP contribution is -2.44. The van der Waals surface area contributed by atoms with Crippen molar-refractivity contribution in [3.63, 3.8) is 0 Å². The Morgan fingerprint density at radius 2 is 1.96 bits per heavy atom. The molecule has 0 bridgehead atoms. The van der Waals surface area contributed by atoms with Gasteiger partial charge in [-0.05, 0) is 31.9 Å². The number of rotatable bonds is 3. The number of carbonyl (C=O) groups excluding carboxylic acids is 2. The van der Waals surface area contributed by atoms with Crippen LogP contribution in [0.3, 0.4) is 0 Å². The van der Waals surface area contributed by atoms with E-state index in [1.807, 2.05) is 19.1 Å². The molecule has 0 spiro atoms. The number of aromatic nitrogens is 1. The van der Waals surface area contributed by atoms with Gasteiger partial charge in [-0.15, -0.1) is 0 Å². The highest BCUT2D eigenvalue weighted by molar-refractivity contribution is 5.92. The van der Waals surface area contributed by atoms with Crippen LogP contribution in [0.25, 0.3) is 0 Å². The summed E-state index contributed by atoms with van der Waals surface area (Å²) in [4.78, 5) is 33.1. The number of amides is 2. The van der Waals surface area contributed by atoms with Gasteiger partial charge in [0.1, 0.15) is 5.69 Å². The van der Waals surface area contributed by atoms with E-state index in [0.717, 1.165) is 38.3 Å². The first-order chi connectivity index (χ1) is 12.0. The van der Waals surface area contributed by atoms with Crippen LogP contribution >= 0.6 is 0 Å². The van der Waals surface area contributed by atoms with Crippen LogP contribution in [0.2, 0.25) is 0 Å². The molecule has 0 aliphatic carbocycles. The van der Waals surface area contributed by atoms with Crippen molar-refractivity contribution >= 4 is 11.8 Å². The highest BCUT2D eigenvalue weighted by Crippen LogP contribution is 2.20. The topological polar surface area (TPSA) is 88.8 Å². The monoisotopic (exact) mass is 346 g/mol. The molecule has 0 saturated carbocycles. The summed E-state index contributed by atoms with van der Waals surface area (Å²) in [6.45, 7) is 5.63. The fourth-order valence-corrected chi connectivity index (χ4v) is 3.61. The van der Waals surface area contributed by atoms with Gasteiger partial charge in [0.2, 0.25) is 5.91 Å². The molecule has 7 nitrogen and oxygen atoms in total. The molecule has 2 aliphatic heterocycles. The molecule has 2 N–H and O–H groups in total. The predicted molar refractivity (Wildman–Crippen MR) is 93.0 cm³/mol. The largest absolute Gasteiger partial charge is 0.381 e. The number of nitrogens with zero attached hydrogens (tertiary/aromatic N) is 3. The highest BCUT2D eigenvalue weighted by Gasteiger charge is 2.33. The molecule has 3 heterocycles. The summed E-state index contributed by atoms with van der Waals surface area (Å²) in [6, 6.07) is 5.80. The summed E-state index contributed by atoms with van der Waals surface area (Å²) < 4.78 is 5.43. The molecule has 0 aromatic carbocycles.